The molecule has 2 heterocycles. The summed E-state index contributed by atoms with van der Waals surface area (Å²) in [5, 5.41) is 6.70. The van der Waals surface area contributed by atoms with E-state index >= 15 is 0 Å². The van der Waals surface area contributed by atoms with Crippen molar-refractivity contribution in [2.24, 2.45) is 27.4 Å². The number of likely N-dealkylation sites (tertiary alicyclic amines) is 1. The Labute approximate surface area is 119 Å². The molecule has 0 spiro atoms. The van der Waals surface area contributed by atoms with Crippen molar-refractivity contribution in [3.63, 3.8) is 0 Å². The Kier molecular flexibility index (Phi) is 3.55. The molecule has 0 aromatic rings. The van der Waals surface area contributed by atoms with Crippen LogP contribution in [-0.4, -0.2) is 48.8 Å². The second-order valence-electron chi connectivity index (χ2n) is 6.02. The molecule has 112 valence electrons. The van der Waals surface area contributed by atoms with Gasteiger partial charge in [0.15, 0.2) is 11.7 Å². The molecular formula is C13H25N7. The Balaban J connectivity index is 1.90. The summed E-state index contributed by atoms with van der Waals surface area (Å²) in [5.41, 5.74) is 11.8. The normalized spacial score (nSPS) is 35.8. The highest BCUT2D eigenvalue weighted by Gasteiger charge is 2.49. The summed E-state index contributed by atoms with van der Waals surface area (Å²) in [5.74, 6) is 0.641. The van der Waals surface area contributed by atoms with Crippen molar-refractivity contribution in [2.75, 3.05) is 20.1 Å². The van der Waals surface area contributed by atoms with Gasteiger partial charge in [-0.25, -0.2) is 4.99 Å². The van der Waals surface area contributed by atoms with Crippen LogP contribution in [0.2, 0.25) is 0 Å². The van der Waals surface area contributed by atoms with E-state index < -0.39 is 5.79 Å². The molecule has 0 radical (unpaired) electrons. The van der Waals surface area contributed by atoms with Gasteiger partial charge in [-0.2, -0.15) is 4.99 Å². The van der Waals surface area contributed by atoms with Crippen molar-refractivity contribution in [3.8, 4) is 0 Å². The average Bonchev–Trinajstić information content (AvgIpc) is 3.09. The van der Waals surface area contributed by atoms with Crippen LogP contribution in [0, 0.1) is 5.92 Å². The van der Waals surface area contributed by atoms with Crippen LogP contribution in [0.15, 0.2) is 9.98 Å². The Bertz CT molecular complexity index is 426. The molecule has 1 saturated carbocycles. The first-order valence-corrected chi connectivity index (χ1v) is 7.54. The number of nitrogens with one attached hydrogen (secondary N) is 2. The zero-order valence-electron chi connectivity index (χ0n) is 12.1. The van der Waals surface area contributed by atoms with E-state index in [4.69, 9.17) is 16.5 Å². The van der Waals surface area contributed by atoms with Gasteiger partial charge >= 0.3 is 0 Å². The highest BCUT2D eigenvalue weighted by Crippen LogP contribution is 2.39. The zero-order valence-corrected chi connectivity index (χ0v) is 12.1. The van der Waals surface area contributed by atoms with Gasteiger partial charge in [0.2, 0.25) is 5.96 Å². The van der Waals surface area contributed by atoms with Crippen molar-refractivity contribution in [3.05, 3.63) is 0 Å². The first-order chi connectivity index (χ1) is 9.64. The van der Waals surface area contributed by atoms with Crippen LogP contribution >= 0.6 is 0 Å². The number of rotatable bonds is 3. The fourth-order valence-electron chi connectivity index (χ4n) is 3.80. The third kappa shape index (κ3) is 2.25. The molecule has 1 saturated heterocycles. The summed E-state index contributed by atoms with van der Waals surface area (Å²) in [7, 11) is 2.01. The molecule has 0 aromatic heterocycles. The molecule has 3 aliphatic rings. The lowest BCUT2D eigenvalue weighted by Crippen LogP contribution is -2.66. The van der Waals surface area contributed by atoms with Crippen molar-refractivity contribution in [2.45, 2.75) is 43.9 Å². The van der Waals surface area contributed by atoms with E-state index in [0.29, 0.717) is 23.9 Å². The van der Waals surface area contributed by atoms with E-state index in [1.54, 1.807) is 0 Å². The van der Waals surface area contributed by atoms with Crippen LogP contribution in [0.25, 0.3) is 0 Å². The van der Waals surface area contributed by atoms with Crippen molar-refractivity contribution < 1.29 is 0 Å². The highest BCUT2D eigenvalue weighted by molar-refractivity contribution is 5.95. The summed E-state index contributed by atoms with van der Waals surface area (Å²) in [6, 6.07) is 0.506. The molecule has 3 rings (SSSR count). The number of hydrogen-bond donors (Lipinski definition) is 4. The summed E-state index contributed by atoms with van der Waals surface area (Å²) in [6.45, 7) is 1.96. The molecule has 1 unspecified atom stereocenters. The van der Waals surface area contributed by atoms with Crippen LogP contribution in [0.4, 0.5) is 0 Å². The van der Waals surface area contributed by atoms with E-state index in [1.807, 2.05) is 7.05 Å². The number of guanidine groups is 2. The van der Waals surface area contributed by atoms with Crippen LogP contribution in [0.3, 0.4) is 0 Å². The highest BCUT2D eigenvalue weighted by atomic mass is 15.5. The van der Waals surface area contributed by atoms with Gasteiger partial charge in [0, 0.05) is 25.0 Å². The predicted octanol–water partition coefficient (Wildman–Crippen LogP) is -0.643. The lowest BCUT2D eigenvalue weighted by atomic mass is 9.96. The smallest absolute Gasteiger partial charge is 0.222 e. The number of hydrogen-bond acceptors (Lipinski definition) is 7. The topological polar surface area (TPSA) is 104 Å². The van der Waals surface area contributed by atoms with E-state index in [2.05, 4.69) is 20.5 Å². The fraction of sp³-hybridized carbons (Fsp3) is 0.846. The molecule has 0 amide bonds. The quantitative estimate of drug-likeness (QED) is 0.550. The Morgan fingerprint density at radius 1 is 1.30 bits per heavy atom. The minimum absolute atomic E-state index is 0.293. The minimum Gasteiger partial charge on any atom is -0.369 e. The molecule has 2 aliphatic heterocycles. The standard InChI is InChI=1S/C13H25N7/c1-16-10-6-7-20(8-10)13(9-4-2-3-5-9)18-11(14)17-12(15)19-13/h9-10,16H,2-8H2,1H3,(H5,14,15,17,18,19)/t10-/m1/s1. The second-order valence-corrected chi connectivity index (χ2v) is 6.02. The molecule has 2 fully saturated rings. The molecule has 2 atom stereocenters. The maximum atomic E-state index is 5.94. The van der Waals surface area contributed by atoms with E-state index in [0.717, 1.165) is 32.4 Å². The van der Waals surface area contributed by atoms with E-state index in [-0.39, 0.29) is 0 Å². The van der Waals surface area contributed by atoms with Crippen LogP contribution in [0.5, 0.6) is 0 Å². The van der Waals surface area contributed by atoms with Gasteiger partial charge < -0.3 is 22.1 Å². The largest absolute Gasteiger partial charge is 0.369 e. The Hall–Kier alpha value is -1.34. The summed E-state index contributed by atoms with van der Waals surface area (Å²) in [6.07, 6.45) is 5.96. The SMILES string of the molecule is CN[C@@H]1CCN(C2(C3CCCC3)N=C(N)N=C(N)N2)C1. The van der Waals surface area contributed by atoms with Crippen LogP contribution in [0.1, 0.15) is 32.1 Å². The molecule has 7 heteroatoms. The number of likely N-dealkylation sites (N-methyl/N-ethyl adjacent to an activating group) is 1. The Morgan fingerprint density at radius 3 is 2.65 bits per heavy atom. The molecule has 20 heavy (non-hydrogen) atoms. The van der Waals surface area contributed by atoms with Gasteiger partial charge in [0.05, 0.1) is 0 Å². The van der Waals surface area contributed by atoms with Crippen molar-refractivity contribution in [1.82, 2.24) is 15.5 Å². The summed E-state index contributed by atoms with van der Waals surface area (Å²) >= 11 is 0. The number of nitrogens with zero attached hydrogens (tertiary/aromatic N) is 3. The second kappa shape index (κ2) is 5.21. The monoisotopic (exact) mass is 279 g/mol. The third-order valence-corrected chi connectivity index (χ3v) is 4.84. The first kappa shape index (κ1) is 13.6. The molecule has 0 aromatic carbocycles. The van der Waals surface area contributed by atoms with Gasteiger partial charge in [-0.15, -0.1) is 0 Å². The summed E-state index contributed by atoms with van der Waals surface area (Å²) in [4.78, 5) is 11.1. The third-order valence-electron chi connectivity index (χ3n) is 4.84. The van der Waals surface area contributed by atoms with Crippen LogP contribution in [-0.2, 0) is 0 Å². The first-order valence-electron chi connectivity index (χ1n) is 7.54. The van der Waals surface area contributed by atoms with Crippen molar-refractivity contribution >= 4 is 11.9 Å². The minimum atomic E-state index is -0.488. The number of nitrogens with two attached hydrogens (primary N) is 2. The zero-order chi connectivity index (χ0) is 14.2. The van der Waals surface area contributed by atoms with Crippen molar-refractivity contribution in [1.29, 1.82) is 0 Å². The predicted molar refractivity (Wildman–Crippen MR) is 80.1 cm³/mol. The lowest BCUT2D eigenvalue weighted by Gasteiger charge is -2.45. The Morgan fingerprint density at radius 2 is 2.05 bits per heavy atom. The van der Waals surface area contributed by atoms with Gasteiger partial charge in [-0.1, -0.05) is 12.8 Å². The van der Waals surface area contributed by atoms with E-state index in [9.17, 15) is 0 Å². The molecule has 6 N–H and O–H groups in total. The summed E-state index contributed by atoms with van der Waals surface area (Å²) < 4.78 is 0. The fourth-order valence-corrected chi connectivity index (χ4v) is 3.80. The van der Waals surface area contributed by atoms with Gasteiger partial charge in [0.1, 0.15) is 0 Å². The number of aliphatic imine (C=N–C) groups is 2. The lowest BCUT2D eigenvalue weighted by molar-refractivity contribution is 0.0430. The van der Waals surface area contributed by atoms with Crippen LogP contribution < -0.4 is 22.1 Å². The molecule has 0 bridgehead atoms. The van der Waals surface area contributed by atoms with E-state index in [1.165, 1.54) is 12.8 Å². The van der Waals surface area contributed by atoms with Gasteiger partial charge in [-0.05, 0) is 26.3 Å². The molecular weight excluding hydrogens is 254 g/mol. The molecule has 1 aliphatic carbocycles. The van der Waals surface area contributed by atoms with Gasteiger partial charge in [-0.3, -0.25) is 4.90 Å². The maximum Gasteiger partial charge on any atom is 0.222 e. The average molecular weight is 279 g/mol. The van der Waals surface area contributed by atoms with Gasteiger partial charge in [0.25, 0.3) is 0 Å². The maximum absolute atomic E-state index is 5.94. The molecule has 7 nitrogen and oxygen atoms in total.